The zero-order chi connectivity index (χ0) is 9.52. The van der Waals surface area contributed by atoms with Gasteiger partial charge in [-0.25, -0.2) is 0 Å². The van der Waals surface area contributed by atoms with Crippen molar-refractivity contribution in [3.8, 4) is 0 Å². The van der Waals surface area contributed by atoms with Crippen molar-refractivity contribution >= 4 is 15.9 Å². The predicted octanol–water partition coefficient (Wildman–Crippen LogP) is 3.07. The summed E-state index contributed by atoms with van der Waals surface area (Å²) in [5.74, 6) is 0.449. The molecule has 0 aromatic carbocycles. The van der Waals surface area contributed by atoms with Gasteiger partial charge in [-0.2, -0.15) is 0 Å². The Morgan fingerprint density at radius 2 is 2.46 bits per heavy atom. The normalized spacial score (nSPS) is 26.5. The lowest BCUT2D eigenvalue weighted by Crippen LogP contribution is -2.24. The highest BCUT2D eigenvalue weighted by molar-refractivity contribution is 9.11. The van der Waals surface area contributed by atoms with Crippen LogP contribution in [0.2, 0.25) is 0 Å². The van der Waals surface area contributed by atoms with Gasteiger partial charge in [-0.3, -0.25) is 0 Å². The molecule has 76 valence electrons. The summed E-state index contributed by atoms with van der Waals surface area (Å²) in [6.45, 7) is 3.72. The molecule has 3 heteroatoms. The maximum atomic E-state index is 5.60. The third kappa shape index (κ3) is 4.79. The highest BCUT2D eigenvalue weighted by Crippen LogP contribution is 2.14. The molecule has 13 heavy (non-hydrogen) atoms. The van der Waals surface area contributed by atoms with E-state index in [9.17, 15) is 0 Å². The number of ether oxygens (including phenoxy) is 2. The molecular formula is C10H17BrO2. The van der Waals surface area contributed by atoms with Gasteiger partial charge in [0.1, 0.15) is 0 Å². The van der Waals surface area contributed by atoms with Crippen LogP contribution in [0.3, 0.4) is 0 Å². The second kappa shape index (κ2) is 6.57. The molecule has 0 bridgehead atoms. The third-order valence-electron chi connectivity index (χ3n) is 2.08. The van der Waals surface area contributed by atoms with Gasteiger partial charge in [0.25, 0.3) is 0 Å². The average Bonchev–Trinajstić information content (AvgIpc) is 2.17. The summed E-state index contributed by atoms with van der Waals surface area (Å²) in [5, 5.41) is 0. The SMILES string of the molecule is CC(C=CBr)COC1CCCCO1. The molecule has 1 aliphatic rings. The van der Waals surface area contributed by atoms with Crippen molar-refractivity contribution in [3.05, 3.63) is 11.1 Å². The lowest BCUT2D eigenvalue weighted by atomic mass is 10.2. The zero-order valence-electron chi connectivity index (χ0n) is 8.04. The van der Waals surface area contributed by atoms with Crippen molar-refractivity contribution in [2.75, 3.05) is 13.2 Å². The van der Waals surface area contributed by atoms with E-state index in [4.69, 9.17) is 9.47 Å². The first-order valence-corrected chi connectivity index (χ1v) is 5.74. The molecule has 1 heterocycles. The van der Waals surface area contributed by atoms with Crippen molar-refractivity contribution in [1.29, 1.82) is 0 Å². The van der Waals surface area contributed by atoms with Crippen LogP contribution in [0.4, 0.5) is 0 Å². The van der Waals surface area contributed by atoms with E-state index in [1.165, 1.54) is 12.8 Å². The first-order valence-electron chi connectivity index (χ1n) is 4.83. The van der Waals surface area contributed by atoms with Crippen LogP contribution in [-0.4, -0.2) is 19.5 Å². The summed E-state index contributed by atoms with van der Waals surface area (Å²) >= 11 is 3.25. The second-order valence-corrected chi connectivity index (χ2v) is 3.95. The molecule has 2 nitrogen and oxygen atoms in total. The summed E-state index contributed by atoms with van der Waals surface area (Å²) in [4.78, 5) is 1.88. The summed E-state index contributed by atoms with van der Waals surface area (Å²) in [6.07, 6.45) is 5.57. The minimum atomic E-state index is 0.0416. The molecule has 0 aromatic heterocycles. The Balaban J connectivity index is 2.09. The van der Waals surface area contributed by atoms with Gasteiger partial charge in [-0.1, -0.05) is 28.9 Å². The van der Waals surface area contributed by atoms with E-state index < -0.39 is 0 Å². The molecule has 1 fully saturated rings. The molecule has 2 unspecified atom stereocenters. The average molecular weight is 249 g/mol. The molecule has 0 amide bonds. The molecule has 0 saturated carbocycles. The molecule has 0 radical (unpaired) electrons. The van der Waals surface area contributed by atoms with Gasteiger partial charge < -0.3 is 9.47 Å². The zero-order valence-corrected chi connectivity index (χ0v) is 9.63. The number of hydrogen-bond acceptors (Lipinski definition) is 2. The third-order valence-corrected chi connectivity index (χ3v) is 2.39. The van der Waals surface area contributed by atoms with E-state index >= 15 is 0 Å². The van der Waals surface area contributed by atoms with Gasteiger partial charge in [-0.05, 0) is 30.2 Å². The van der Waals surface area contributed by atoms with Gasteiger partial charge in [0.15, 0.2) is 6.29 Å². The molecule has 1 aliphatic heterocycles. The Morgan fingerprint density at radius 1 is 1.62 bits per heavy atom. The Hall–Kier alpha value is 0.140. The van der Waals surface area contributed by atoms with E-state index in [1.807, 2.05) is 4.99 Å². The fourth-order valence-corrected chi connectivity index (χ4v) is 1.80. The quantitative estimate of drug-likeness (QED) is 0.762. The first kappa shape index (κ1) is 11.2. The number of hydrogen-bond donors (Lipinski definition) is 0. The van der Waals surface area contributed by atoms with Crippen LogP contribution in [0.15, 0.2) is 11.1 Å². The minimum absolute atomic E-state index is 0.0416. The lowest BCUT2D eigenvalue weighted by molar-refractivity contribution is -0.166. The minimum Gasteiger partial charge on any atom is -0.353 e. The maximum absolute atomic E-state index is 5.60. The van der Waals surface area contributed by atoms with Crippen LogP contribution in [0.1, 0.15) is 26.2 Å². The van der Waals surface area contributed by atoms with Crippen molar-refractivity contribution < 1.29 is 9.47 Å². The number of rotatable bonds is 4. The largest absolute Gasteiger partial charge is 0.353 e. The van der Waals surface area contributed by atoms with Crippen LogP contribution in [-0.2, 0) is 9.47 Å². The van der Waals surface area contributed by atoms with E-state index in [2.05, 4.69) is 28.9 Å². The van der Waals surface area contributed by atoms with Crippen molar-refractivity contribution in [2.24, 2.45) is 5.92 Å². The van der Waals surface area contributed by atoms with Crippen molar-refractivity contribution in [3.63, 3.8) is 0 Å². The predicted molar refractivity (Wildman–Crippen MR) is 56.8 cm³/mol. The maximum Gasteiger partial charge on any atom is 0.157 e. The highest BCUT2D eigenvalue weighted by Gasteiger charge is 2.14. The van der Waals surface area contributed by atoms with Crippen molar-refractivity contribution in [1.82, 2.24) is 0 Å². The first-order chi connectivity index (χ1) is 6.33. The summed E-state index contributed by atoms with van der Waals surface area (Å²) in [6, 6.07) is 0. The van der Waals surface area contributed by atoms with Crippen molar-refractivity contribution in [2.45, 2.75) is 32.5 Å². The lowest BCUT2D eigenvalue weighted by Gasteiger charge is -2.23. The molecule has 0 N–H and O–H groups in total. The highest BCUT2D eigenvalue weighted by atomic mass is 79.9. The van der Waals surface area contributed by atoms with Gasteiger partial charge in [0, 0.05) is 6.61 Å². The number of halogens is 1. The van der Waals surface area contributed by atoms with Gasteiger partial charge in [-0.15, -0.1) is 0 Å². The van der Waals surface area contributed by atoms with E-state index in [-0.39, 0.29) is 6.29 Å². The molecule has 2 atom stereocenters. The van der Waals surface area contributed by atoms with Crippen LogP contribution in [0, 0.1) is 5.92 Å². The molecular weight excluding hydrogens is 232 g/mol. The van der Waals surface area contributed by atoms with Crippen LogP contribution in [0.25, 0.3) is 0 Å². The molecule has 1 rings (SSSR count). The topological polar surface area (TPSA) is 18.5 Å². The smallest absolute Gasteiger partial charge is 0.157 e. The van der Waals surface area contributed by atoms with Crippen LogP contribution in [0.5, 0.6) is 0 Å². The summed E-state index contributed by atoms with van der Waals surface area (Å²) < 4.78 is 11.1. The molecule has 1 saturated heterocycles. The summed E-state index contributed by atoms with van der Waals surface area (Å²) in [5.41, 5.74) is 0. The monoisotopic (exact) mass is 248 g/mol. The van der Waals surface area contributed by atoms with E-state index in [0.717, 1.165) is 19.6 Å². The van der Waals surface area contributed by atoms with Gasteiger partial charge in [0.2, 0.25) is 0 Å². The fraction of sp³-hybridized carbons (Fsp3) is 0.800. The van der Waals surface area contributed by atoms with E-state index in [1.54, 1.807) is 0 Å². The Bertz CT molecular complexity index is 153. The van der Waals surface area contributed by atoms with Crippen LogP contribution < -0.4 is 0 Å². The Morgan fingerprint density at radius 3 is 3.08 bits per heavy atom. The van der Waals surface area contributed by atoms with Gasteiger partial charge >= 0.3 is 0 Å². The van der Waals surface area contributed by atoms with E-state index in [0.29, 0.717) is 5.92 Å². The molecule has 0 aromatic rings. The van der Waals surface area contributed by atoms with Crippen LogP contribution >= 0.6 is 15.9 Å². The van der Waals surface area contributed by atoms with Gasteiger partial charge in [0.05, 0.1) is 6.61 Å². The molecule has 0 spiro atoms. The molecule has 0 aliphatic carbocycles. The fourth-order valence-electron chi connectivity index (χ4n) is 1.28. The Kier molecular flexibility index (Phi) is 5.67. The Labute approximate surface area is 88.4 Å². The summed E-state index contributed by atoms with van der Waals surface area (Å²) in [7, 11) is 0. The second-order valence-electron chi connectivity index (χ2n) is 3.43. The standard InChI is InChI=1S/C10H17BrO2/c1-9(5-6-11)8-13-10-4-2-3-7-12-10/h5-6,9-10H,2-4,7-8H2,1H3.